The molecule has 6 nitrogen and oxygen atoms in total. The van der Waals surface area contributed by atoms with Crippen molar-refractivity contribution in [2.75, 3.05) is 12.0 Å². The molecule has 0 fully saturated rings. The first-order valence-corrected chi connectivity index (χ1v) is 10.4. The fourth-order valence-electron chi connectivity index (χ4n) is 2.47. The fourth-order valence-corrected chi connectivity index (χ4v) is 3.35. The van der Waals surface area contributed by atoms with Crippen LogP contribution < -0.4 is 10.2 Å². The van der Waals surface area contributed by atoms with Gasteiger partial charge >= 0.3 is 5.97 Å². The van der Waals surface area contributed by atoms with Crippen LogP contribution in [0.4, 0.5) is 9.52 Å². The van der Waals surface area contributed by atoms with Crippen molar-refractivity contribution in [3.8, 4) is 5.75 Å². The number of thiazole rings is 1. The largest absolute Gasteiger partial charge is 0.488 e. The predicted octanol–water partition coefficient (Wildman–Crippen LogP) is 5.07. The molecule has 0 aliphatic rings. The second kappa shape index (κ2) is 10.7. The Kier molecular flexibility index (Phi) is 7.75. The molecular formula is C21H19ClFN3O3S. The summed E-state index contributed by atoms with van der Waals surface area (Å²) < 4.78 is 23.9. The minimum Gasteiger partial charge on any atom is -0.488 e. The molecule has 1 heterocycles. The number of hydrazone groups is 1. The van der Waals surface area contributed by atoms with E-state index >= 15 is 0 Å². The van der Waals surface area contributed by atoms with E-state index in [4.69, 9.17) is 21.1 Å². The number of hydrogen-bond donors (Lipinski definition) is 1. The average Bonchev–Trinajstić information content (AvgIpc) is 3.15. The second-order valence-corrected chi connectivity index (χ2v) is 7.32. The number of carbonyl (C=O) groups excluding carboxylic acids is 1. The highest BCUT2D eigenvalue weighted by molar-refractivity contribution is 7.13. The van der Waals surface area contributed by atoms with E-state index in [1.807, 2.05) is 18.2 Å². The van der Waals surface area contributed by atoms with Crippen LogP contribution in [0.3, 0.4) is 0 Å². The summed E-state index contributed by atoms with van der Waals surface area (Å²) in [5, 5.41) is 6.83. The lowest BCUT2D eigenvalue weighted by Gasteiger charge is -2.10. The topological polar surface area (TPSA) is 72.8 Å². The Morgan fingerprint density at radius 1 is 1.33 bits per heavy atom. The third-order valence-corrected chi connectivity index (χ3v) is 5.01. The number of anilines is 1. The summed E-state index contributed by atoms with van der Waals surface area (Å²) in [6.45, 7) is 2.30. The van der Waals surface area contributed by atoms with Gasteiger partial charge in [0.05, 0.1) is 30.0 Å². The van der Waals surface area contributed by atoms with Crippen molar-refractivity contribution in [1.82, 2.24) is 4.98 Å². The number of para-hydroxylation sites is 1. The third-order valence-electron chi connectivity index (χ3n) is 3.86. The Morgan fingerprint density at radius 2 is 2.17 bits per heavy atom. The smallest absolute Gasteiger partial charge is 0.311 e. The second-order valence-electron chi connectivity index (χ2n) is 6.06. The Bertz CT molecular complexity index is 1040. The van der Waals surface area contributed by atoms with Gasteiger partial charge in [0, 0.05) is 16.5 Å². The van der Waals surface area contributed by atoms with E-state index in [-0.39, 0.29) is 19.0 Å². The number of rotatable bonds is 9. The number of hydrogen-bond acceptors (Lipinski definition) is 7. The van der Waals surface area contributed by atoms with Gasteiger partial charge in [-0.25, -0.2) is 9.37 Å². The van der Waals surface area contributed by atoms with E-state index < -0.39 is 5.82 Å². The summed E-state index contributed by atoms with van der Waals surface area (Å²) in [6.07, 6.45) is 1.73. The molecule has 0 amide bonds. The molecule has 1 aromatic heterocycles. The van der Waals surface area contributed by atoms with Gasteiger partial charge in [-0.1, -0.05) is 29.8 Å². The molecule has 3 rings (SSSR count). The summed E-state index contributed by atoms with van der Waals surface area (Å²) in [6, 6.07) is 11.5. The van der Waals surface area contributed by atoms with Gasteiger partial charge in [-0.2, -0.15) is 5.10 Å². The number of aromatic nitrogens is 1. The normalized spacial score (nSPS) is 10.9. The zero-order valence-electron chi connectivity index (χ0n) is 16.1. The first kappa shape index (κ1) is 21.7. The molecule has 2 aromatic carbocycles. The van der Waals surface area contributed by atoms with Crippen LogP contribution in [0.2, 0.25) is 5.02 Å². The first-order chi connectivity index (χ1) is 14.5. The van der Waals surface area contributed by atoms with Crippen molar-refractivity contribution in [2.24, 2.45) is 5.10 Å². The van der Waals surface area contributed by atoms with E-state index in [2.05, 4.69) is 15.5 Å². The highest BCUT2D eigenvalue weighted by atomic mass is 35.5. The summed E-state index contributed by atoms with van der Waals surface area (Å²) in [5.74, 6) is -0.106. The SMILES string of the molecule is CCOC(=O)Cc1csc(NN=Cc2ccccc2OCc2ccc(F)cc2Cl)n1. The molecule has 0 unspecified atom stereocenters. The maximum Gasteiger partial charge on any atom is 0.311 e. The first-order valence-electron chi connectivity index (χ1n) is 9.10. The number of ether oxygens (including phenoxy) is 2. The Hall–Kier alpha value is -2.97. The lowest BCUT2D eigenvalue weighted by molar-refractivity contribution is -0.142. The lowest BCUT2D eigenvalue weighted by Crippen LogP contribution is -2.07. The number of nitrogens with one attached hydrogen (secondary N) is 1. The number of benzene rings is 2. The Labute approximate surface area is 182 Å². The van der Waals surface area contributed by atoms with Crippen LogP contribution in [0.25, 0.3) is 0 Å². The van der Waals surface area contributed by atoms with Crippen LogP contribution in [0.1, 0.15) is 23.7 Å². The van der Waals surface area contributed by atoms with Crippen molar-refractivity contribution >= 4 is 40.3 Å². The summed E-state index contributed by atoms with van der Waals surface area (Å²) in [5.41, 5.74) is 4.89. The van der Waals surface area contributed by atoms with Crippen LogP contribution in [0.15, 0.2) is 52.9 Å². The molecule has 0 saturated heterocycles. The van der Waals surface area contributed by atoms with Gasteiger partial charge < -0.3 is 9.47 Å². The van der Waals surface area contributed by atoms with Crippen molar-refractivity contribution in [2.45, 2.75) is 20.0 Å². The Balaban J connectivity index is 1.60. The highest BCUT2D eigenvalue weighted by Crippen LogP contribution is 2.22. The van der Waals surface area contributed by atoms with E-state index in [1.165, 1.54) is 23.5 Å². The molecule has 0 spiro atoms. The molecule has 9 heteroatoms. The predicted molar refractivity (Wildman–Crippen MR) is 116 cm³/mol. The number of halogens is 2. The molecule has 0 saturated carbocycles. The lowest BCUT2D eigenvalue weighted by atomic mass is 10.2. The highest BCUT2D eigenvalue weighted by Gasteiger charge is 2.08. The van der Waals surface area contributed by atoms with E-state index in [9.17, 15) is 9.18 Å². The van der Waals surface area contributed by atoms with Gasteiger partial charge in [0.15, 0.2) is 0 Å². The molecule has 3 aromatic rings. The third kappa shape index (κ3) is 6.27. The summed E-state index contributed by atoms with van der Waals surface area (Å²) in [4.78, 5) is 15.8. The van der Waals surface area contributed by atoms with Crippen molar-refractivity contribution in [1.29, 1.82) is 0 Å². The van der Waals surface area contributed by atoms with Crippen molar-refractivity contribution in [3.63, 3.8) is 0 Å². The maximum atomic E-state index is 13.2. The summed E-state index contributed by atoms with van der Waals surface area (Å²) >= 11 is 7.39. The molecule has 0 aliphatic heterocycles. The van der Waals surface area contributed by atoms with E-state index in [1.54, 1.807) is 30.7 Å². The monoisotopic (exact) mass is 447 g/mol. The minimum atomic E-state index is -0.394. The standard InChI is InChI=1S/C21H19ClFN3O3S/c1-2-28-20(27)10-17-13-30-21(25-17)26-24-11-14-5-3-4-6-19(14)29-12-15-7-8-16(23)9-18(15)22/h3-9,11,13H,2,10,12H2,1H3,(H,25,26). The van der Waals surface area contributed by atoms with Crippen molar-refractivity contribution in [3.05, 3.63) is 75.5 Å². The molecule has 30 heavy (non-hydrogen) atoms. The number of carbonyl (C=O) groups is 1. The molecular weight excluding hydrogens is 429 g/mol. The molecule has 0 bridgehead atoms. The summed E-state index contributed by atoms with van der Waals surface area (Å²) in [7, 11) is 0. The quantitative estimate of drug-likeness (QED) is 0.282. The van der Waals surface area contributed by atoms with Crippen LogP contribution in [-0.2, 0) is 22.6 Å². The molecule has 156 valence electrons. The molecule has 0 radical (unpaired) electrons. The van der Waals surface area contributed by atoms with Gasteiger partial charge in [-0.05, 0) is 31.2 Å². The van der Waals surface area contributed by atoms with Gasteiger partial charge in [0.25, 0.3) is 0 Å². The molecule has 0 atom stereocenters. The molecule has 0 aliphatic carbocycles. The number of nitrogens with zero attached hydrogens (tertiary/aromatic N) is 2. The Morgan fingerprint density at radius 3 is 2.97 bits per heavy atom. The number of esters is 1. The van der Waals surface area contributed by atoms with Crippen LogP contribution in [-0.4, -0.2) is 23.8 Å². The molecule has 1 N–H and O–H groups in total. The van der Waals surface area contributed by atoms with E-state index in [0.717, 1.165) is 5.56 Å². The minimum absolute atomic E-state index is 0.123. The maximum absolute atomic E-state index is 13.2. The zero-order valence-corrected chi connectivity index (χ0v) is 17.7. The van der Waals surface area contributed by atoms with Crippen molar-refractivity contribution < 1.29 is 18.7 Å². The van der Waals surface area contributed by atoms with Crippen LogP contribution >= 0.6 is 22.9 Å². The van der Waals surface area contributed by atoms with Gasteiger partial charge in [0.2, 0.25) is 5.13 Å². The van der Waals surface area contributed by atoms with Gasteiger partial charge in [-0.15, -0.1) is 11.3 Å². The van der Waals surface area contributed by atoms with E-state index in [0.29, 0.717) is 33.8 Å². The average molecular weight is 448 g/mol. The zero-order chi connectivity index (χ0) is 21.3. The van der Waals surface area contributed by atoms with Gasteiger partial charge in [0.1, 0.15) is 18.2 Å². The van der Waals surface area contributed by atoms with Crippen LogP contribution in [0.5, 0.6) is 5.75 Å². The fraction of sp³-hybridized carbons (Fsp3) is 0.190. The van der Waals surface area contributed by atoms with Gasteiger partial charge in [-0.3, -0.25) is 10.2 Å². The van der Waals surface area contributed by atoms with Crippen LogP contribution in [0, 0.1) is 5.82 Å².